The fourth-order valence-corrected chi connectivity index (χ4v) is 5.86. The molecule has 2 aromatic rings. The largest absolute Gasteiger partial charge is 0.465 e. The van der Waals surface area contributed by atoms with E-state index in [-0.39, 0.29) is 24.4 Å². The Morgan fingerprint density at radius 3 is 2.66 bits per heavy atom. The summed E-state index contributed by atoms with van der Waals surface area (Å²) in [6, 6.07) is 5.73. The number of amides is 2. The fraction of sp³-hybridized carbons (Fsp3) is 0.458. The predicted molar refractivity (Wildman–Crippen MR) is 126 cm³/mol. The fourth-order valence-electron chi connectivity index (χ4n) is 4.57. The molecule has 0 spiro atoms. The molecule has 0 bridgehead atoms. The van der Waals surface area contributed by atoms with E-state index in [2.05, 4.69) is 10.6 Å². The Hall–Kier alpha value is -2.87. The zero-order valence-electron chi connectivity index (χ0n) is 18.7. The lowest BCUT2D eigenvalue weighted by Crippen LogP contribution is -2.38. The molecule has 0 fully saturated rings. The van der Waals surface area contributed by atoms with Gasteiger partial charge in [0.1, 0.15) is 5.00 Å². The van der Waals surface area contributed by atoms with E-state index in [1.54, 1.807) is 0 Å². The second-order valence-corrected chi connectivity index (χ2v) is 9.66. The summed E-state index contributed by atoms with van der Waals surface area (Å²) < 4.78 is 4.97. The molecule has 2 aliphatic rings. The van der Waals surface area contributed by atoms with E-state index in [1.807, 2.05) is 36.9 Å². The van der Waals surface area contributed by atoms with Crippen molar-refractivity contribution >= 4 is 39.8 Å². The number of nitrogens with one attached hydrogen (secondary N) is 2. The molecule has 0 radical (unpaired) electrons. The minimum Gasteiger partial charge on any atom is -0.465 e. The Morgan fingerprint density at radius 2 is 1.91 bits per heavy atom. The summed E-state index contributed by atoms with van der Waals surface area (Å²) in [4.78, 5) is 41.1. The molecule has 2 heterocycles. The number of thiophene rings is 1. The average Bonchev–Trinajstić information content (AvgIpc) is 3.33. The van der Waals surface area contributed by atoms with Crippen LogP contribution in [0.15, 0.2) is 18.2 Å². The van der Waals surface area contributed by atoms with Crippen molar-refractivity contribution in [2.75, 3.05) is 30.4 Å². The average molecular weight is 456 g/mol. The number of esters is 1. The van der Waals surface area contributed by atoms with Crippen LogP contribution in [0.3, 0.4) is 0 Å². The molecular weight excluding hydrogens is 426 g/mol. The minimum absolute atomic E-state index is 0.0558. The zero-order valence-corrected chi connectivity index (χ0v) is 19.6. The SMILES string of the molecule is COC(=O)c1c(NC(=O)CN2CCCc3c(C(=O)NC(C)C)cccc32)sc2c1CCC2. The molecular formula is C24H29N3O4S. The van der Waals surface area contributed by atoms with E-state index >= 15 is 0 Å². The van der Waals surface area contributed by atoms with Crippen molar-refractivity contribution in [1.29, 1.82) is 0 Å². The van der Waals surface area contributed by atoms with Crippen LogP contribution in [0.1, 0.15) is 63.4 Å². The highest BCUT2D eigenvalue weighted by Crippen LogP contribution is 2.39. The molecule has 1 aromatic heterocycles. The van der Waals surface area contributed by atoms with Crippen LogP contribution in [0.5, 0.6) is 0 Å². The van der Waals surface area contributed by atoms with Gasteiger partial charge in [0.15, 0.2) is 0 Å². The number of carbonyl (C=O) groups is 3. The van der Waals surface area contributed by atoms with E-state index < -0.39 is 5.97 Å². The molecule has 0 saturated carbocycles. The lowest BCUT2D eigenvalue weighted by atomic mass is 9.95. The van der Waals surface area contributed by atoms with E-state index in [9.17, 15) is 14.4 Å². The van der Waals surface area contributed by atoms with Gasteiger partial charge in [-0.15, -0.1) is 11.3 Å². The first-order valence-corrected chi connectivity index (χ1v) is 11.9. The Bertz CT molecular complexity index is 1060. The van der Waals surface area contributed by atoms with E-state index in [0.29, 0.717) is 16.1 Å². The molecule has 0 saturated heterocycles. The summed E-state index contributed by atoms with van der Waals surface area (Å²) in [6.45, 7) is 4.77. The van der Waals surface area contributed by atoms with Gasteiger partial charge in [-0.1, -0.05) is 6.07 Å². The number of benzene rings is 1. The molecule has 2 N–H and O–H groups in total. The van der Waals surface area contributed by atoms with Gasteiger partial charge in [0.05, 0.1) is 19.2 Å². The number of ether oxygens (including phenoxy) is 1. The number of hydrogen-bond acceptors (Lipinski definition) is 6. The minimum atomic E-state index is -0.399. The van der Waals surface area contributed by atoms with Gasteiger partial charge in [0.2, 0.25) is 5.91 Å². The van der Waals surface area contributed by atoms with Crippen LogP contribution in [0, 0.1) is 0 Å². The first-order chi connectivity index (χ1) is 15.4. The Kier molecular flexibility index (Phi) is 6.50. The maximum Gasteiger partial charge on any atom is 0.341 e. The van der Waals surface area contributed by atoms with Gasteiger partial charge in [0, 0.05) is 28.7 Å². The molecule has 1 aliphatic heterocycles. The number of methoxy groups -OCH3 is 1. The molecule has 1 aliphatic carbocycles. The van der Waals surface area contributed by atoms with Crippen LogP contribution in [0.25, 0.3) is 0 Å². The van der Waals surface area contributed by atoms with E-state index in [4.69, 9.17) is 4.74 Å². The lowest BCUT2D eigenvalue weighted by molar-refractivity contribution is -0.115. The molecule has 1 aromatic carbocycles. The number of hydrogen-bond donors (Lipinski definition) is 2. The van der Waals surface area contributed by atoms with Gasteiger partial charge in [-0.05, 0) is 69.2 Å². The second kappa shape index (κ2) is 9.32. The Morgan fingerprint density at radius 1 is 1.12 bits per heavy atom. The first-order valence-electron chi connectivity index (χ1n) is 11.1. The van der Waals surface area contributed by atoms with Gasteiger partial charge in [-0.2, -0.15) is 0 Å². The van der Waals surface area contributed by atoms with Crippen LogP contribution in [-0.2, 0) is 28.8 Å². The third kappa shape index (κ3) is 4.37. The van der Waals surface area contributed by atoms with Crippen molar-refractivity contribution in [3.63, 3.8) is 0 Å². The van der Waals surface area contributed by atoms with Crippen molar-refractivity contribution in [2.24, 2.45) is 0 Å². The molecule has 0 unspecified atom stereocenters. The summed E-state index contributed by atoms with van der Waals surface area (Å²) >= 11 is 1.48. The third-order valence-electron chi connectivity index (χ3n) is 5.91. The standard InChI is InChI=1S/C24H29N3O4S/c1-14(2)25-22(29)16-7-4-10-18-15(16)9-6-12-27(18)13-20(28)26-23-21(24(30)31-3)17-8-5-11-19(17)32-23/h4,7,10,14H,5-6,8-9,11-13H2,1-3H3,(H,25,29)(H,26,28). The Balaban J connectivity index is 1.53. The number of aryl methyl sites for hydroxylation is 1. The second-order valence-electron chi connectivity index (χ2n) is 8.56. The van der Waals surface area contributed by atoms with Crippen LogP contribution >= 0.6 is 11.3 Å². The molecule has 2 amide bonds. The van der Waals surface area contributed by atoms with Crippen molar-refractivity contribution in [1.82, 2.24) is 5.32 Å². The van der Waals surface area contributed by atoms with Gasteiger partial charge in [-0.25, -0.2) is 4.79 Å². The number of rotatable bonds is 6. The van der Waals surface area contributed by atoms with Crippen LogP contribution in [0.4, 0.5) is 10.7 Å². The first kappa shape index (κ1) is 22.3. The van der Waals surface area contributed by atoms with Crippen molar-refractivity contribution in [2.45, 2.75) is 52.0 Å². The maximum absolute atomic E-state index is 13.0. The number of fused-ring (bicyclic) bond motifs is 2. The number of carbonyl (C=O) groups excluding carboxylic acids is 3. The topological polar surface area (TPSA) is 87.7 Å². The summed E-state index contributed by atoms with van der Waals surface area (Å²) in [5.41, 5.74) is 4.09. The van der Waals surface area contributed by atoms with Gasteiger partial charge < -0.3 is 20.3 Å². The molecule has 32 heavy (non-hydrogen) atoms. The maximum atomic E-state index is 13.0. The molecule has 4 rings (SSSR count). The van der Waals surface area contributed by atoms with Crippen LogP contribution in [0.2, 0.25) is 0 Å². The summed E-state index contributed by atoms with van der Waals surface area (Å²) in [6.07, 6.45) is 4.47. The van der Waals surface area contributed by atoms with Gasteiger partial charge in [-0.3, -0.25) is 9.59 Å². The quantitative estimate of drug-likeness (QED) is 0.651. The summed E-state index contributed by atoms with van der Waals surface area (Å²) in [5.74, 6) is -0.664. The molecule has 0 atom stereocenters. The van der Waals surface area contributed by atoms with Crippen LogP contribution in [-0.4, -0.2) is 44.0 Å². The Labute approximate surface area is 192 Å². The van der Waals surface area contributed by atoms with Crippen LogP contribution < -0.4 is 15.5 Å². The highest BCUT2D eigenvalue weighted by atomic mass is 32.1. The number of nitrogens with zero attached hydrogens (tertiary/aromatic N) is 1. The number of anilines is 2. The predicted octanol–water partition coefficient (Wildman–Crippen LogP) is 3.55. The summed E-state index contributed by atoms with van der Waals surface area (Å²) in [5, 5.41) is 6.49. The summed E-state index contributed by atoms with van der Waals surface area (Å²) in [7, 11) is 1.37. The molecule has 170 valence electrons. The highest BCUT2D eigenvalue weighted by molar-refractivity contribution is 7.17. The molecule has 8 heteroatoms. The molecule has 7 nitrogen and oxygen atoms in total. The highest BCUT2D eigenvalue weighted by Gasteiger charge is 2.29. The van der Waals surface area contributed by atoms with E-state index in [0.717, 1.165) is 60.3 Å². The van der Waals surface area contributed by atoms with E-state index in [1.165, 1.54) is 18.4 Å². The van der Waals surface area contributed by atoms with Crippen molar-refractivity contribution in [3.05, 3.63) is 45.3 Å². The van der Waals surface area contributed by atoms with Crippen molar-refractivity contribution < 1.29 is 19.1 Å². The van der Waals surface area contributed by atoms with Gasteiger partial charge in [0.25, 0.3) is 5.91 Å². The van der Waals surface area contributed by atoms with Crippen molar-refractivity contribution in [3.8, 4) is 0 Å². The third-order valence-corrected chi connectivity index (χ3v) is 7.12. The zero-order chi connectivity index (χ0) is 22.8. The smallest absolute Gasteiger partial charge is 0.341 e. The van der Waals surface area contributed by atoms with Gasteiger partial charge >= 0.3 is 5.97 Å². The normalized spacial score (nSPS) is 14.7. The lowest BCUT2D eigenvalue weighted by Gasteiger charge is -2.32. The monoisotopic (exact) mass is 455 g/mol.